The summed E-state index contributed by atoms with van der Waals surface area (Å²) in [5.41, 5.74) is 5.64. The molecule has 1 aliphatic rings. The van der Waals surface area contributed by atoms with Crippen molar-refractivity contribution in [3.8, 4) is 0 Å². The first-order chi connectivity index (χ1) is 13.6. The molecule has 4 rings (SSSR count). The smallest absolute Gasteiger partial charge is 0.257 e. The molecule has 0 atom stereocenters. The summed E-state index contributed by atoms with van der Waals surface area (Å²) in [7, 11) is 4.01. The summed E-state index contributed by atoms with van der Waals surface area (Å²) < 4.78 is 0. The third-order valence-corrected chi connectivity index (χ3v) is 4.65. The number of hydrogen-bond acceptors (Lipinski definition) is 3. The fraction of sp³-hybridized carbons (Fsp3) is 0.0833. The zero-order chi connectivity index (χ0) is 19.5. The largest absolute Gasteiger partial charge is 0.378 e. The zero-order valence-corrected chi connectivity index (χ0v) is 15.9. The van der Waals surface area contributed by atoms with Gasteiger partial charge in [0.2, 0.25) is 0 Å². The fourth-order valence-corrected chi connectivity index (χ4v) is 3.14. The van der Waals surface area contributed by atoms with Crippen LogP contribution in [-0.4, -0.2) is 25.7 Å². The molecule has 3 aromatic rings. The Morgan fingerprint density at radius 2 is 1.54 bits per heavy atom. The molecule has 0 fully saturated rings. The number of anilines is 2. The number of aliphatic imine (C=N–C) groups is 1. The molecule has 1 aliphatic heterocycles. The highest BCUT2D eigenvalue weighted by atomic mass is 16.1. The first-order valence-electron chi connectivity index (χ1n) is 9.16. The first-order valence-corrected chi connectivity index (χ1v) is 9.16. The van der Waals surface area contributed by atoms with Gasteiger partial charge < -0.3 is 10.2 Å². The lowest BCUT2D eigenvalue weighted by molar-refractivity contribution is -0.112. The molecular formula is C24H21N3O. The van der Waals surface area contributed by atoms with Crippen LogP contribution in [0.15, 0.2) is 89.4 Å². The van der Waals surface area contributed by atoms with E-state index in [1.807, 2.05) is 104 Å². The van der Waals surface area contributed by atoms with E-state index in [1.165, 1.54) is 0 Å². The standard InChI is InChI=1S/C24H21N3O/c1-27(2)19-14-12-17(13-15-19)16-20-23(18-8-4-3-5-9-18)25-21-10-6-7-11-22(21)26-24(20)28/h3-16H,1-2H3,(H,26,28)/b20-16-. The van der Waals surface area contributed by atoms with E-state index in [-0.39, 0.29) is 5.91 Å². The van der Waals surface area contributed by atoms with Crippen LogP contribution in [0, 0.1) is 0 Å². The summed E-state index contributed by atoms with van der Waals surface area (Å²) in [6, 6.07) is 25.5. The van der Waals surface area contributed by atoms with Gasteiger partial charge in [-0.15, -0.1) is 0 Å². The predicted molar refractivity (Wildman–Crippen MR) is 116 cm³/mol. The van der Waals surface area contributed by atoms with E-state index < -0.39 is 0 Å². The molecule has 1 heterocycles. The van der Waals surface area contributed by atoms with Gasteiger partial charge in [0.25, 0.3) is 5.91 Å². The Morgan fingerprint density at radius 1 is 0.857 bits per heavy atom. The van der Waals surface area contributed by atoms with E-state index in [2.05, 4.69) is 5.32 Å². The summed E-state index contributed by atoms with van der Waals surface area (Å²) >= 11 is 0. The van der Waals surface area contributed by atoms with E-state index in [0.717, 1.165) is 22.5 Å². The van der Waals surface area contributed by atoms with E-state index in [0.29, 0.717) is 17.0 Å². The van der Waals surface area contributed by atoms with Gasteiger partial charge in [0.05, 0.1) is 22.7 Å². The highest BCUT2D eigenvalue weighted by molar-refractivity contribution is 6.35. The van der Waals surface area contributed by atoms with Crippen LogP contribution >= 0.6 is 0 Å². The Hall–Kier alpha value is -3.66. The van der Waals surface area contributed by atoms with Crippen LogP contribution in [0.1, 0.15) is 11.1 Å². The maximum absolute atomic E-state index is 13.1. The van der Waals surface area contributed by atoms with E-state index in [4.69, 9.17) is 4.99 Å². The quantitative estimate of drug-likeness (QED) is 0.669. The maximum atomic E-state index is 13.1. The van der Waals surface area contributed by atoms with Crippen LogP contribution < -0.4 is 10.2 Å². The van der Waals surface area contributed by atoms with E-state index in [9.17, 15) is 4.79 Å². The van der Waals surface area contributed by atoms with Crippen molar-refractivity contribution in [1.82, 2.24) is 0 Å². The molecule has 0 radical (unpaired) electrons. The van der Waals surface area contributed by atoms with E-state index in [1.54, 1.807) is 0 Å². The maximum Gasteiger partial charge on any atom is 0.257 e. The average molecular weight is 367 g/mol. The first kappa shape index (κ1) is 17.7. The van der Waals surface area contributed by atoms with Gasteiger partial charge in [0.1, 0.15) is 0 Å². The molecule has 0 saturated heterocycles. The van der Waals surface area contributed by atoms with E-state index >= 15 is 0 Å². The van der Waals surface area contributed by atoms with Gasteiger partial charge >= 0.3 is 0 Å². The minimum Gasteiger partial charge on any atom is -0.378 e. The highest BCUT2D eigenvalue weighted by Gasteiger charge is 2.23. The lowest BCUT2D eigenvalue weighted by atomic mass is 9.99. The monoisotopic (exact) mass is 367 g/mol. The van der Waals surface area contributed by atoms with Crippen LogP contribution in [-0.2, 0) is 4.79 Å². The molecule has 4 nitrogen and oxygen atoms in total. The molecule has 0 aromatic heterocycles. The summed E-state index contributed by atoms with van der Waals surface area (Å²) in [5, 5.41) is 2.99. The van der Waals surface area contributed by atoms with Gasteiger partial charge in [-0.05, 0) is 35.9 Å². The normalized spacial score (nSPS) is 14.7. The number of carbonyl (C=O) groups is 1. The van der Waals surface area contributed by atoms with Crippen molar-refractivity contribution in [3.05, 3.63) is 95.6 Å². The van der Waals surface area contributed by atoms with Crippen LogP contribution in [0.2, 0.25) is 0 Å². The molecule has 0 saturated carbocycles. The van der Waals surface area contributed by atoms with Gasteiger partial charge in [-0.1, -0.05) is 54.6 Å². The molecule has 1 N–H and O–H groups in total. The van der Waals surface area contributed by atoms with Crippen molar-refractivity contribution in [1.29, 1.82) is 0 Å². The molecule has 1 amide bonds. The molecule has 0 spiro atoms. The Labute approximate surface area is 164 Å². The van der Waals surface area contributed by atoms with Gasteiger partial charge in [0, 0.05) is 25.3 Å². The second-order valence-electron chi connectivity index (χ2n) is 6.84. The molecule has 3 aromatic carbocycles. The Balaban J connectivity index is 1.85. The second kappa shape index (κ2) is 7.53. The minimum absolute atomic E-state index is 0.163. The average Bonchev–Trinajstić information content (AvgIpc) is 2.85. The topological polar surface area (TPSA) is 44.7 Å². The van der Waals surface area contributed by atoms with Crippen molar-refractivity contribution in [2.24, 2.45) is 4.99 Å². The van der Waals surface area contributed by atoms with Crippen molar-refractivity contribution >= 4 is 34.8 Å². The predicted octanol–water partition coefficient (Wildman–Crippen LogP) is 4.91. The SMILES string of the molecule is CN(C)c1ccc(/C=C2\C(=O)Nc3ccccc3N=C2c2ccccc2)cc1. The lowest BCUT2D eigenvalue weighted by Gasteiger charge is -2.12. The third-order valence-electron chi connectivity index (χ3n) is 4.65. The van der Waals surface area contributed by atoms with Crippen LogP contribution in [0.25, 0.3) is 6.08 Å². The van der Waals surface area contributed by atoms with Crippen LogP contribution in [0.4, 0.5) is 17.1 Å². The van der Waals surface area contributed by atoms with Gasteiger partial charge in [-0.25, -0.2) is 4.99 Å². The number of fused-ring (bicyclic) bond motifs is 1. The van der Waals surface area contributed by atoms with Crippen molar-refractivity contribution < 1.29 is 4.79 Å². The number of rotatable bonds is 3. The third kappa shape index (κ3) is 3.58. The molecule has 28 heavy (non-hydrogen) atoms. The molecule has 0 unspecified atom stereocenters. The fourth-order valence-electron chi connectivity index (χ4n) is 3.14. The highest BCUT2D eigenvalue weighted by Crippen LogP contribution is 2.31. The molecule has 138 valence electrons. The number of amides is 1. The second-order valence-corrected chi connectivity index (χ2v) is 6.84. The van der Waals surface area contributed by atoms with Crippen molar-refractivity contribution in [2.45, 2.75) is 0 Å². The van der Waals surface area contributed by atoms with Gasteiger partial charge in [-0.2, -0.15) is 0 Å². The minimum atomic E-state index is -0.163. The van der Waals surface area contributed by atoms with Crippen LogP contribution in [0.5, 0.6) is 0 Å². The molecule has 0 bridgehead atoms. The van der Waals surface area contributed by atoms with Gasteiger partial charge in [0.15, 0.2) is 0 Å². The Morgan fingerprint density at radius 3 is 2.25 bits per heavy atom. The molecule has 0 aliphatic carbocycles. The number of nitrogens with one attached hydrogen (secondary N) is 1. The van der Waals surface area contributed by atoms with Crippen LogP contribution in [0.3, 0.4) is 0 Å². The number of carbonyl (C=O) groups excluding carboxylic acids is 1. The Bertz CT molecular complexity index is 1060. The summed E-state index contributed by atoms with van der Waals surface area (Å²) in [6.07, 6.45) is 1.90. The number of para-hydroxylation sites is 2. The summed E-state index contributed by atoms with van der Waals surface area (Å²) in [5.74, 6) is -0.163. The molecular weight excluding hydrogens is 346 g/mol. The van der Waals surface area contributed by atoms with Crippen molar-refractivity contribution in [3.63, 3.8) is 0 Å². The lowest BCUT2D eigenvalue weighted by Crippen LogP contribution is -2.19. The Kier molecular flexibility index (Phi) is 4.77. The van der Waals surface area contributed by atoms with Gasteiger partial charge in [-0.3, -0.25) is 4.79 Å². The summed E-state index contributed by atoms with van der Waals surface area (Å²) in [4.78, 5) is 20.0. The number of nitrogens with zero attached hydrogens (tertiary/aromatic N) is 2. The number of benzene rings is 3. The summed E-state index contributed by atoms with van der Waals surface area (Å²) in [6.45, 7) is 0. The van der Waals surface area contributed by atoms with Crippen molar-refractivity contribution in [2.75, 3.05) is 24.3 Å². The molecule has 4 heteroatoms. The zero-order valence-electron chi connectivity index (χ0n) is 15.9. The number of hydrogen-bond donors (Lipinski definition) is 1.